The topological polar surface area (TPSA) is 70.1 Å². The molecular weight excluding hydrogens is 478 g/mol. The molecule has 3 aromatic carbocycles. The molecule has 3 aromatic heterocycles. The predicted molar refractivity (Wildman–Crippen MR) is 154 cm³/mol. The lowest BCUT2D eigenvalue weighted by Gasteiger charge is -2.37. The van der Waals surface area contributed by atoms with Crippen LogP contribution in [0.4, 0.5) is 11.4 Å². The molecule has 1 aliphatic rings. The minimum absolute atomic E-state index is 0.725. The summed E-state index contributed by atoms with van der Waals surface area (Å²) in [6.45, 7) is 3.61. The van der Waals surface area contributed by atoms with Gasteiger partial charge in [-0.3, -0.25) is 9.97 Å². The van der Waals surface area contributed by atoms with Gasteiger partial charge < -0.3 is 15.1 Å². The van der Waals surface area contributed by atoms with E-state index in [1.165, 1.54) is 5.69 Å². The molecular formula is C29H23N7S. The summed E-state index contributed by atoms with van der Waals surface area (Å²) in [5.74, 6) is 0. The molecule has 1 fully saturated rings. The number of rotatable bonds is 2. The number of piperazine rings is 1. The lowest BCUT2D eigenvalue weighted by atomic mass is 10.1. The van der Waals surface area contributed by atoms with Crippen LogP contribution in [0.15, 0.2) is 85.2 Å². The Hall–Kier alpha value is -4.43. The molecule has 4 heterocycles. The largest absolute Gasteiger partial charge is 0.368 e. The van der Waals surface area contributed by atoms with Gasteiger partial charge >= 0.3 is 0 Å². The molecule has 1 aliphatic heterocycles. The Kier molecular flexibility index (Phi) is 5.25. The third-order valence-corrected chi connectivity index (χ3v) is 7.32. The molecule has 37 heavy (non-hydrogen) atoms. The van der Waals surface area contributed by atoms with Crippen LogP contribution in [0.25, 0.3) is 43.9 Å². The van der Waals surface area contributed by atoms with Gasteiger partial charge in [0.15, 0.2) is 5.11 Å². The Morgan fingerprint density at radius 3 is 2.00 bits per heavy atom. The Morgan fingerprint density at radius 2 is 1.32 bits per heavy atom. The molecule has 1 N–H and O–H groups in total. The van der Waals surface area contributed by atoms with Gasteiger partial charge in [-0.15, -0.1) is 0 Å². The van der Waals surface area contributed by atoms with Crippen LogP contribution in [0.1, 0.15) is 0 Å². The summed E-state index contributed by atoms with van der Waals surface area (Å²) in [5, 5.41) is 6.20. The summed E-state index contributed by atoms with van der Waals surface area (Å²) in [5.41, 5.74) is 6.94. The first kappa shape index (κ1) is 21.8. The molecule has 6 aromatic rings. The van der Waals surface area contributed by atoms with E-state index in [4.69, 9.17) is 22.2 Å². The number of pyridine rings is 2. The maximum atomic E-state index is 5.77. The smallest absolute Gasteiger partial charge is 0.173 e. The molecule has 0 amide bonds. The van der Waals surface area contributed by atoms with Gasteiger partial charge in [0, 0.05) is 60.7 Å². The highest BCUT2D eigenvalue weighted by atomic mass is 32.1. The number of hydrogen-bond donors (Lipinski definition) is 1. The van der Waals surface area contributed by atoms with Crippen molar-refractivity contribution in [2.24, 2.45) is 0 Å². The van der Waals surface area contributed by atoms with Crippen molar-refractivity contribution in [2.45, 2.75) is 0 Å². The van der Waals surface area contributed by atoms with Crippen LogP contribution in [-0.2, 0) is 0 Å². The zero-order valence-corrected chi connectivity index (χ0v) is 20.8. The zero-order chi connectivity index (χ0) is 24.8. The average Bonchev–Trinajstić information content (AvgIpc) is 2.97. The summed E-state index contributed by atoms with van der Waals surface area (Å²) in [4.78, 5) is 23.9. The number of anilines is 2. The summed E-state index contributed by atoms with van der Waals surface area (Å²) in [6, 6.07) is 24.5. The van der Waals surface area contributed by atoms with E-state index in [9.17, 15) is 0 Å². The molecule has 0 radical (unpaired) electrons. The normalized spacial score (nSPS) is 14.1. The first-order chi connectivity index (χ1) is 18.2. The van der Waals surface area contributed by atoms with Gasteiger partial charge in [-0.05, 0) is 54.7 Å². The fraction of sp³-hybridized carbons (Fsp3) is 0.138. The number of nitrogens with one attached hydrogen (secondary N) is 1. The fourth-order valence-electron chi connectivity index (χ4n) is 5.09. The molecule has 0 unspecified atom stereocenters. The molecule has 0 saturated carbocycles. The Morgan fingerprint density at radius 1 is 0.676 bits per heavy atom. The SMILES string of the molecule is S=C(Nc1ccc2nc3c4ncccc4c4cccnc4c3nc2c1)N1CCN(c2ccccc2)CC1. The van der Waals surface area contributed by atoms with Crippen LogP contribution in [-0.4, -0.2) is 56.1 Å². The molecule has 7 nitrogen and oxygen atoms in total. The van der Waals surface area contributed by atoms with E-state index in [1.54, 1.807) is 12.4 Å². The quantitative estimate of drug-likeness (QED) is 0.192. The van der Waals surface area contributed by atoms with E-state index in [-0.39, 0.29) is 0 Å². The van der Waals surface area contributed by atoms with Crippen molar-refractivity contribution in [3.63, 3.8) is 0 Å². The van der Waals surface area contributed by atoms with Crippen molar-refractivity contribution >= 4 is 72.6 Å². The van der Waals surface area contributed by atoms with E-state index in [0.29, 0.717) is 0 Å². The Balaban J connectivity index is 1.19. The van der Waals surface area contributed by atoms with E-state index < -0.39 is 0 Å². The second-order valence-corrected chi connectivity index (χ2v) is 9.55. The molecule has 0 atom stereocenters. The third kappa shape index (κ3) is 3.86. The summed E-state index contributed by atoms with van der Waals surface area (Å²) in [7, 11) is 0. The lowest BCUT2D eigenvalue weighted by molar-refractivity contribution is 0.391. The molecule has 0 aliphatic carbocycles. The number of hydrogen-bond acceptors (Lipinski definition) is 6. The van der Waals surface area contributed by atoms with E-state index in [0.717, 1.165) is 80.9 Å². The van der Waals surface area contributed by atoms with Crippen LogP contribution in [0.3, 0.4) is 0 Å². The highest BCUT2D eigenvalue weighted by Crippen LogP contribution is 2.32. The van der Waals surface area contributed by atoms with Crippen molar-refractivity contribution in [3.8, 4) is 0 Å². The van der Waals surface area contributed by atoms with E-state index in [1.807, 2.05) is 36.4 Å². The summed E-state index contributed by atoms with van der Waals surface area (Å²) >= 11 is 5.77. The van der Waals surface area contributed by atoms with Gasteiger partial charge in [0.1, 0.15) is 11.0 Å². The first-order valence-electron chi connectivity index (χ1n) is 12.3. The highest BCUT2D eigenvalue weighted by molar-refractivity contribution is 7.80. The number of fused-ring (bicyclic) bond motifs is 7. The zero-order valence-electron chi connectivity index (χ0n) is 20.0. The van der Waals surface area contributed by atoms with Crippen LogP contribution in [0, 0.1) is 0 Å². The van der Waals surface area contributed by atoms with Crippen molar-refractivity contribution in [3.05, 3.63) is 85.2 Å². The van der Waals surface area contributed by atoms with Gasteiger partial charge in [0.05, 0.1) is 22.1 Å². The highest BCUT2D eigenvalue weighted by Gasteiger charge is 2.20. The standard InChI is InChI=1S/C29H23N7S/c37-29(36-16-14-35(15-17-36)20-6-2-1-3-7-20)32-19-10-11-23-24(18-19)34-28-26-22(9-5-13-31-26)21-8-4-12-30-25(21)27(28)33-23/h1-13,18H,14-17H2,(H,32,37). The van der Waals surface area contributed by atoms with Crippen molar-refractivity contribution in [1.29, 1.82) is 0 Å². The van der Waals surface area contributed by atoms with Crippen molar-refractivity contribution in [2.75, 3.05) is 36.4 Å². The second kappa shape index (κ2) is 8.90. The molecule has 8 heteroatoms. The average molecular weight is 502 g/mol. The second-order valence-electron chi connectivity index (χ2n) is 9.16. The first-order valence-corrected chi connectivity index (χ1v) is 12.7. The van der Waals surface area contributed by atoms with Crippen LogP contribution in [0.2, 0.25) is 0 Å². The lowest BCUT2D eigenvalue weighted by Crippen LogP contribution is -2.50. The molecule has 7 rings (SSSR count). The number of thiocarbonyl (C=S) groups is 1. The fourth-order valence-corrected chi connectivity index (χ4v) is 5.39. The molecule has 0 spiro atoms. The van der Waals surface area contributed by atoms with Crippen LogP contribution < -0.4 is 10.2 Å². The maximum Gasteiger partial charge on any atom is 0.173 e. The van der Waals surface area contributed by atoms with Crippen molar-refractivity contribution in [1.82, 2.24) is 24.8 Å². The summed E-state index contributed by atoms with van der Waals surface area (Å²) in [6.07, 6.45) is 3.59. The van der Waals surface area contributed by atoms with Gasteiger partial charge in [-0.1, -0.05) is 30.3 Å². The molecule has 180 valence electrons. The molecule has 1 saturated heterocycles. The number of nitrogens with zero attached hydrogens (tertiary/aromatic N) is 6. The number of benzene rings is 3. The predicted octanol–water partition coefficient (Wildman–Crippen LogP) is 5.40. The van der Waals surface area contributed by atoms with Gasteiger partial charge in [-0.25, -0.2) is 9.97 Å². The Labute approximate surface area is 218 Å². The maximum absolute atomic E-state index is 5.77. The minimum Gasteiger partial charge on any atom is -0.368 e. The molecule has 0 bridgehead atoms. The third-order valence-electron chi connectivity index (χ3n) is 6.96. The van der Waals surface area contributed by atoms with E-state index in [2.05, 4.69) is 61.5 Å². The summed E-state index contributed by atoms with van der Waals surface area (Å²) < 4.78 is 0. The van der Waals surface area contributed by atoms with E-state index >= 15 is 0 Å². The monoisotopic (exact) mass is 501 g/mol. The van der Waals surface area contributed by atoms with Gasteiger partial charge in [0.2, 0.25) is 0 Å². The van der Waals surface area contributed by atoms with Crippen LogP contribution in [0.5, 0.6) is 0 Å². The number of aromatic nitrogens is 4. The Bertz CT molecular complexity index is 1800. The minimum atomic E-state index is 0.725. The van der Waals surface area contributed by atoms with Crippen LogP contribution >= 0.6 is 12.2 Å². The van der Waals surface area contributed by atoms with Crippen molar-refractivity contribution < 1.29 is 0 Å². The van der Waals surface area contributed by atoms with Gasteiger partial charge in [-0.2, -0.15) is 0 Å². The number of para-hydroxylation sites is 1. The van der Waals surface area contributed by atoms with Gasteiger partial charge in [0.25, 0.3) is 0 Å².